The molecule has 1 fully saturated rings. The Bertz CT molecular complexity index is 293. The first-order valence-corrected chi connectivity index (χ1v) is 6.58. The van der Waals surface area contributed by atoms with E-state index in [0.717, 1.165) is 12.0 Å². The number of hydrogen-bond donors (Lipinski definition) is 0. The van der Waals surface area contributed by atoms with Gasteiger partial charge in [0.2, 0.25) is 0 Å². The van der Waals surface area contributed by atoms with E-state index in [0.29, 0.717) is 24.5 Å². The van der Waals surface area contributed by atoms with Crippen LogP contribution in [0.15, 0.2) is 12.2 Å². The first kappa shape index (κ1) is 13.8. The maximum absolute atomic E-state index is 11.6. The van der Waals surface area contributed by atoms with Gasteiger partial charge in [0, 0.05) is 12.8 Å². The van der Waals surface area contributed by atoms with Gasteiger partial charge < -0.3 is 0 Å². The summed E-state index contributed by atoms with van der Waals surface area (Å²) >= 11 is 6.30. The Labute approximate surface area is 104 Å². The topological polar surface area (TPSA) is 17.1 Å². The number of allylic oxidation sites excluding steroid dienone is 1. The minimum absolute atomic E-state index is 0.0395. The molecular weight excluding hydrogens is 220 g/mol. The van der Waals surface area contributed by atoms with Gasteiger partial charge in [0.15, 0.2) is 0 Å². The molecule has 3 unspecified atom stereocenters. The van der Waals surface area contributed by atoms with Crippen LogP contribution in [0.25, 0.3) is 0 Å². The van der Waals surface area contributed by atoms with E-state index in [1.807, 2.05) is 6.92 Å². The van der Waals surface area contributed by atoms with Gasteiger partial charge >= 0.3 is 0 Å². The molecule has 0 heterocycles. The minimum atomic E-state index is 0.0395. The standard InChI is InChI=1S/C14H23ClO/c1-6-11(16)8-12-10(3)13(15)7-9(2)14(12,4)5/h9,12-13H,3,6-8H2,1-2,4-5H3. The van der Waals surface area contributed by atoms with E-state index >= 15 is 0 Å². The summed E-state index contributed by atoms with van der Waals surface area (Å²) in [4.78, 5) is 11.6. The number of rotatable bonds is 3. The third-order valence-electron chi connectivity index (χ3n) is 4.40. The van der Waals surface area contributed by atoms with E-state index in [2.05, 4.69) is 27.4 Å². The predicted octanol–water partition coefficient (Wildman–Crippen LogP) is 4.20. The van der Waals surface area contributed by atoms with Crippen LogP contribution in [0.4, 0.5) is 0 Å². The van der Waals surface area contributed by atoms with Crippen molar-refractivity contribution in [2.24, 2.45) is 17.3 Å². The Morgan fingerprint density at radius 3 is 2.62 bits per heavy atom. The van der Waals surface area contributed by atoms with Gasteiger partial charge in [-0.25, -0.2) is 0 Å². The molecule has 0 aromatic carbocycles. The number of carbonyl (C=O) groups is 1. The lowest BCUT2D eigenvalue weighted by Gasteiger charge is -2.47. The normalized spacial score (nSPS) is 33.8. The maximum atomic E-state index is 11.6. The fraction of sp³-hybridized carbons (Fsp3) is 0.786. The van der Waals surface area contributed by atoms with Crippen LogP contribution in [-0.2, 0) is 4.79 Å². The summed E-state index contributed by atoms with van der Waals surface area (Å²) in [6.07, 6.45) is 2.20. The highest BCUT2D eigenvalue weighted by atomic mass is 35.5. The van der Waals surface area contributed by atoms with Crippen molar-refractivity contribution in [3.63, 3.8) is 0 Å². The second kappa shape index (κ2) is 4.91. The van der Waals surface area contributed by atoms with Crippen LogP contribution in [0.5, 0.6) is 0 Å². The molecule has 0 spiro atoms. The molecule has 3 atom stereocenters. The maximum Gasteiger partial charge on any atom is 0.133 e. The zero-order valence-electron chi connectivity index (χ0n) is 10.8. The molecule has 2 heteroatoms. The molecule has 16 heavy (non-hydrogen) atoms. The highest BCUT2D eigenvalue weighted by molar-refractivity contribution is 6.22. The van der Waals surface area contributed by atoms with E-state index in [9.17, 15) is 4.79 Å². The Morgan fingerprint density at radius 2 is 2.12 bits per heavy atom. The summed E-state index contributed by atoms with van der Waals surface area (Å²) in [5.41, 5.74) is 1.19. The molecule has 1 nitrogen and oxygen atoms in total. The van der Waals surface area contributed by atoms with Crippen molar-refractivity contribution in [3.05, 3.63) is 12.2 Å². The second-order valence-corrected chi connectivity index (χ2v) is 6.18. The smallest absolute Gasteiger partial charge is 0.133 e. The molecule has 1 aliphatic rings. The van der Waals surface area contributed by atoms with E-state index < -0.39 is 0 Å². The molecule has 0 bridgehead atoms. The quantitative estimate of drug-likeness (QED) is 0.536. The van der Waals surface area contributed by atoms with E-state index in [1.54, 1.807) is 0 Å². The van der Waals surface area contributed by atoms with Gasteiger partial charge in [-0.15, -0.1) is 11.6 Å². The van der Waals surface area contributed by atoms with Crippen molar-refractivity contribution in [2.45, 2.75) is 52.3 Å². The molecule has 1 aliphatic carbocycles. The van der Waals surface area contributed by atoms with Gasteiger partial charge in [-0.2, -0.15) is 0 Å². The fourth-order valence-corrected chi connectivity index (χ4v) is 2.99. The summed E-state index contributed by atoms with van der Waals surface area (Å²) in [6.45, 7) is 12.7. The van der Waals surface area contributed by atoms with Crippen LogP contribution in [0.2, 0.25) is 0 Å². The molecule has 1 saturated carbocycles. The molecule has 92 valence electrons. The van der Waals surface area contributed by atoms with Crippen molar-refractivity contribution in [1.82, 2.24) is 0 Å². The van der Waals surface area contributed by atoms with Crippen LogP contribution in [-0.4, -0.2) is 11.2 Å². The monoisotopic (exact) mass is 242 g/mol. The minimum Gasteiger partial charge on any atom is -0.300 e. The lowest BCUT2D eigenvalue weighted by atomic mass is 9.59. The van der Waals surface area contributed by atoms with Crippen LogP contribution in [0, 0.1) is 17.3 Å². The molecule has 1 rings (SSSR count). The zero-order valence-corrected chi connectivity index (χ0v) is 11.6. The predicted molar refractivity (Wildman–Crippen MR) is 69.7 cm³/mol. The van der Waals surface area contributed by atoms with Crippen LogP contribution >= 0.6 is 11.6 Å². The van der Waals surface area contributed by atoms with Crippen molar-refractivity contribution >= 4 is 17.4 Å². The molecule has 0 aliphatic heterocycles. The van der Waals surface area contributed by atoms with Crippen LogP contribution in [0.1, 0.15) is 47.0 Å². The number of alkyl halides is 1. The first-order valence-electron chi connectivity index (χ1n) is 6.15. The second-order valence-electron chi connectivity index (χ2n) is 5.65. The molecule has 0 radical (unpaired) electrons. The molecule has 0 N–H and O–H groups in total. The van der Waals surface area contributed by atoms with Gasteiger partial charge in [0.1, 0.15) is 5.78 Å². The third-order valence-corrected chi connectivity index (χ3v) is 4.86. The van der Waals surface area contributed by atoms with Crippen molar-refractivity contribution in [1.29, 1.82) is 0 Å². The number of Topliss-reactive ketones (excluding diaryl/α,β-unsaturated/α-hetero) is 1. The average molecular weight is 243 g/mol. The average Bonchev–Trinajstić information content (AvgIpc) is 2.22. The van der Waals surface area contributed by atoms with Gasteiger partial charge in [0.25, 0.3) is 0 Å². The fourth-order valence-electron chi connectivity index (χ4n) is 2.57. The summed E-state index contributed by atoms with van der Waals surface area (Å²) in [6, 6.07) is 0. The number of halogens is 1. The van der Waals surface area contributed by atoms with Gasteiger partial charge in [-0.3, -0.25) is 4.79 Å². The van der Waals surface area contributed by atoms with Crippen molar-refractivity contribution in [3.8, 4) is 0 Å². The Hall–Kier alpha value is -0.300. The van der Waals surface area contributed by atoms with E-state index in [-0.39, 0.29) is 16.7 Å². The largest absolute Gasteiger partial charge is 0.300 e. The summed E-state index contributed by atoms with van der Waals surface area (Å²) < 4.78 is 0. The molecule has 0 aromatic rings. The molecule has 0 saturated heterocycles. The Morgan fingerprint density at radius 1 is 1.56 bits per heavy atom. The van der Waals surface area contributed by atoms with E-state index in [1.165, 1.54) is 0 Å². The summed E-state index contributed by atoms with van der Waals surface area (Å²) in [5, 5.41) is 0.0395. The number of hydrogen-bond acceptors (Lipinski definition) is 1. The van der Waals surface area contributed by atoms with Crippen LogP contribution in [0.3, 0.4) is 0 Å². The number of ketones is 1. The highest BCUT2D eigenvalue weighted by Gasteiger charge is 2.43. The first-order chi connectivity index (χ1) is 7.30. The lowest BCUT2D eigenvalue weighted by Crippen LogP contribution is -2.41. The zero-order chi connectivity index (χ0) is 12.5. The lowest BCUT2D eigenvalue weighted by molar-refractivity contribution is -0.120. The number of carbonyl (C=O) groups excluding carboxylic acids is 1. The third kappa shape index (κ3) is 2.51. The van der Waals surface area contributed by atoms with Crippen LogP contribution < -0.4 is 0 Å². The highest BCUT2D eigenvalue weighted by Crippen LogP contribution is 2.50. The van der Waals surface area contributed by atoms with Crippen molar-refractivity contribution < 1.29 is 4.79 Å². The van der Waals surface area contributed by atoms with Gasteiger partial charge in [-0.1, -0.05) is 39.8 Å². The summed E-state index contributed by atoms with van der Waals surface area (Å²) in [5.74, 6) is 1.10. The Balaban J connectivity index is 2.90. The van der Waals surface area contributed by atoms with Crippen molar-refractivity contribution in [2.75, 3.05) is 0 Å². The van der Waals surface area contributed by atoms with E-state index in [4.69, 9.17) is 11.6 Å². The van der Waals surface area contributed by atoms with Gasteiger partial charge in [-0.05, 0) is 23.7 Å². The van der Waals surface area contributed by atoms with Gasteiger partial charge in [0.05, 0.1) is 5.38 Å². The summed E-state index contributed by atoms with van der Waals surface area (Å²) in [7, 11) is 0. The molecule has 0 amide bonds. The Kier molecular flexibility index (Phi) is 4.23. The molecule has 0 aromatic heterocycles. The SMILES string of the molecule is C=C1C(Cl)CC(C)C(C)(C)C1CC(=O)CC. The molecular formula is C14H23ClO.